The lowest BCUT2D eigenvalue weighted by molar-refractivity contribution is 0.107. The molecule has 0 radical (unpaired) electrons. The number of anilines is 1. The summed E-state index contributed by atoms with van der Waals surface area (Å²) in [5.74, 6) is 2.70. The average Bonchev–Trinajstić information content (AvgIpc) is 3.67. The monoisotopic (exact) mass is 610 g/mol. The van der Waals surface area contributed by atoms with Gasteiger partial charge in [0.15, 0.2) is 5.82 Å². The molecule has 5 aliphatic heterocycles. The van der Waals surface area contributed by atoms with Crippen LogP contribution in [0, 0.1) is 18.2 Å². The number of hydrogen-bond donors (Lipinski definition) is 2. The number of rotatable bonds is 4. The molecule has 5 atom stereocenters. The van der Waals surface area contributed by atoms with E-state index >= 15 is 4.39 Å². The van der Waals surface area contributed by atoms with Gasteiger partial charge >= 0.3 is 6.01 Å². The number of aromatic nitrogens is 3. The molecule has 9 nitrogen and oxygen atoms in total. The van der Waals surface area contributed by atoms with Crippen LogP contribution < -0.4 is 19.7 Å². The Hall–Kier alpha value is -4.27. The van der Waals surface area contributed by atoms with Gasteiger partial charge in [-0.15, -0.1) is 6.42 Å². The van der Waals surface area contributed by atoms with Crippen LogP contribution in [0.1, 0.15) is 37.7 Å². The van der Waals surface area contributed by atoms with Crippen molar-refractivity contribution in [3.05, 3.63) is 41.7 Å². The van der Waals surface area contributed by atoms with E-state index in [2.05, 4.69) is 26.0 Å². The Labute approximate surface area is 258 Å². The van der Waals surface area contributed by atoms with Crippen molar-refractivity contribution in [2.75, 3.05) is 37.7 Å². The van der Waals surface area contributed by atoms with Crippen molar-refractivity contribution in [1.82, 2.24) is 25.2 Å². The van der Waals surface area contributed by atoms with E-state index in [1.807, 2.05) is 6.07 Å². The third kappa shape index (κ3) is 4.08. The summed E-state index contributed by atoms with van der Waals surface area (Å²) in [6.45, 7) is 2.47. The zero-order valence-corrected chi connectivity index (χ0v) is 24.6. The Morgan fingerprint density at radius 3 is 2.98 bits per heavy atom. The number of halogens is 2. The van der Waals surface area contributed by atoms with Crippen LogP contribution in [-0.4, -0.2) is 87.6 Å². The molecule has 4 aromatic rings. The largest absolute Gasteiger partial charge is 0.508 e. The lowest BCUT2D eigenvalue weighted by Crippen LogP contribution is -2.60. The van der Waals surface area contributed by atoms with Gasteiger partial charge in [-0.05, 0) is 55.8 Å². The number of terminal acetylenes is 1. The number of nitrogens with one attached hydrogen (secondary N) is 1. The van der Waals surface area contributed by atoms with Crippen LogP contribution in [0.2, 0.25) is 0 Å². The molecule has 0 saturated carbocycles. The normalized spacial score (nSPS) is 28.5. The van der Waals surface area contributed by atoms with Crippen molar-refractivity contribution in [2.45, 2.75) is 61.9 Å². The summed E-state index contributed by atoms with van der Waals surface area (Å²) in [5, 5.41) is 16.0. The molecule has 230 valence electrons. The molecule has 2 aromatic carbocycles. The van der Waals surface area contributed by atoms with Gasteiger partial charge in [0.2, 0.25) is 5.88 Å². The van der Waals surface area contributed by atoms with E-state index in [4.69, 9.17) is 25.9 Å². The predicted molar refractivity (Wildman–Crippen MR) is 165 cm³/mol. The van der Waals surface area contributed by atoms with Crippen molar-refractivity contribution < 1.29 is 23.4 Å². The Bertz CT molecular complexity index is 1930. The number of aromatic hydroxyl groups is 1. The maximum atomic E-state index is 17.0. The average molecular weight is 611 g/mol. The second-order valence-corrected chi connectivity index (χ2v) is 13.1. The van der Waals surface area contributed by atoms with Crippen LogP contribution >= 0.6 is 0 Å². The second kappa shape index (κ2) is 9.86. The summed E-state index contributed by atoms with van der Waals surface area (Å²) in [4.78, 5) is 18.7. The first-order valence-corrected chi connectivity index (χ1v) is 15.7. The number of hydrogen-bond acceptors (Lipinski definition) is 9. The third-order valence-electron chi connectivity index (χ3n) is 10.5. The van der Waals surface area contributed by atoms with Crippen LogP contribution in [0.4, 0.5) is 14.6 Å². The Balaban J connectivity index is 1.24. The number of ether oxygens (including phenoxy) is 2. The fourth-order valence-corrected chi connectivity index (χ4v) is 8.53. The van der Waals surface area contributed by atoms with Crippen LogP contribution in [0.25, 0.3) is 32.9 Å². The Kier molecular flexibility index (Phi) is 5.93. The SMILES string of the molecule is C#Cc1cccc2cc(O)cc(-c3nc4c5c(nc(OC[C@@]67CCCN6C[C@H](F)C7)nc5c3F)N3C[C@@H]5CC[C@@H](N5)C3CO4)c12. The van der Waals surface area contributed by atoms with E-state index in [9.17, 15) is 9.50 Å². The van der Waals surface area contributed by atoms with Gasteiger partial charge in [0, 0.05) is 48.1 Å². The summed E-state index contributed by atoms with van der Waals surface area (Å²) < 4.78 is 44.2. The van der Waals surface area contributed by atoms with Crippen molar-refractivity contribution >= 4 is 27.5 Å². The highest BCUT2D eigenvalue weighted by atomic mass is 19.1. The van der Waals surface area contributed by atoms with E-state index < -0.39 is 17.5 Å². The quantitative estimate of drug-likeness (QED) is 0.328. The van der Waals surface area contributed by atoms with Crippen LogP contribution in [0.15, 0.2) is 30.3 Å². The Morgan fingerprint density at radius 1 is 1.18 bits per heavy atom. The number of benzene rings is 2. The molecule has 4 fully saturated rings. The summed E-state index contributed by atoms with van der Waals surface area (Å²) in [6, 6.07) is 8.91. The van der Waals surface area contributed by atoms with E-state index in [0.29, 0.717) is 59.2 Å². The van der Waals surface area contributed by atoms with Crippen LogP contribution in [0.3, 0.4) is 0 Å². The molecule has 2 N–H and O–H groups in total. The first-order chi connectivity index (χ1) is 21.9. The van der Waals surface area contributed by atoms with E-state index in [1.54, 1.807) is 18.2 Å². The standard InChI is InChI=1S/C34H32F2N6O3/c1-2-18-5-3-6-19-11-22(43)12-23(26(18)19)29-28(36)30-27-31(42-15-21-7-8-24(37-21)25(42)16-44-32(27)38-29)40-33(39-30)45-17-34-9-4-10-41(34)14-20(35)13-34/h1,3,5-6,11-12,20-21,24-25,37,43H,4,7-10,13-17H2/t20-,21+,24-,25?,34+/m1/s1. The van der Waals surface area contributed by atoms with Gasteiger partial charge in [-0.2, -0.15) is 9.97 Å². The molecule has 9 rings (SSSR count). The van der Waals surface area contributed by atoms with Gasteiger partial charge in [-0.3, -0.25) is 4.90 Å². The molecular weight excluding hydrogens is 578 g/mol. The highest BCUT2D eigenvalue weighted by Crippen LogP contribution is 2.45. The number of fused-ring (bicyclic) bond motifs is 7. The van der Waals surface area contributed by atoms with Gasteiger partial charge in [0.25, 0.3) is 0 Å². The fraction of sp³-hybridized carbons (Fsp3) is 0.441. The number of phenols is 1. The molecule has 2 bridgehead atoms. The molecule has 0 spiro atoms. The lowest BCUT2D eigenvalue weighted by Gasteiger charge is -2.40. The van der Waals surface area contributed by atoms with Crippen molar-refractivity contribution in [1.29, 1.82) is 0 Å². The molecule has 4 saturated heterocycles. The minimum absolute atomic E-state index is 0.0202. The molecule has 2 aromatic heterocycles. The van der Waals surface area contributed by atoms with Gasteiger partial charge in [0.05, 0.1) is 11.6 Å². The number of pyridine rings is 1. The van der Waals surface area contributed by atoms with E-state index in [1.165, 1.54) is 6.07 Å². The first-order valence-electron chi connectivity index (χ1n) is 15.7. The number of piperazine rings is 1. The molecule has 1 unspecified atom stereocenters. The molecule has 0 aliphatic carbocycles. The van der Waals surface area contributed by atoms with Crippen molar-refractivity contribution in [2.24, 2.45) is 0 Å². The summed E-state index contributed by atoms with van der Waals surface area (Å²) in [6.07, 6.45) is 9.21. The molecule has 7 heterocycles. The van der Waals surface area contributed by atoms with Gasteiger partial charge in [-0.25, -0.2) is 13.8 Å². The Morgan fingerprint density at radius 2 is 2.09 bits per heavy atom. The molecule has 5 aliphatic rings. The minimum Gasteiger partial charge on any atom is -0.508 e. The smallest absolute Gasteiger partial charge is 0.319 e. The fourth-order valence-electron chi connectivity index (χ4n) is 8.53. The topological polar surface area (TPSA) is 95.9 Å². The highest BCUT2D eigenvalue weighted by Gasteiger charge is 2.50. The minimum atomic E-state index is -0.899. The predicted octanol–water partition coefficient (Wildman–Crippen LogP) is 4.33. The summed E-state index contributed by atoms with van der Waals surface area (Å²) in [5.41, 5.74) is 0.457. The number of nitrogens with zero attached hydrogens (tertiary/aromatic N) is 5. The van der Waals surface area contributed by atoms with Crippen LogP contribution in [0.5, 0.6) is 17.6 Å². The molecule has 45 heavy (non-hydrogen) atoms. The van der Waals surface area contributed by atoms with Crippen LogP contribution in [-0.2, 0) is 0 Å². The first kappa shape index (κ1) is 27.1. The lowest BCUT2D eigenvalue weighted by atomic mass is 9.95. The molecular formula is C34H32F2N6O3. The molecule has 11 heteroatoms. The van der Waals surface area contributed by atoms with Crippen molar-refractivity contribution in [3.8, 4) is 41.2 Å². The zero-order chi connectivity index (χ0) is 30.4. The molecule has 0 amide bonds. The highest BCUT2D eigenvalue weighted by molar-refractivity contribution is 6.04. The van der Waals surface area contributed by atoms with E-state index in [-0.39, 0.29) is 53.6 Å². The third-order valence-corrected chi connectivity index (χ3v) is 10.5. The van der Waals surface area contributed by atoms with Gasteiger partial charge in [-0.1, -0.05) is 18.1 Å². The van der Waals surface area contributed by atoms with E-state index in [0.717, 1.165) is 32.2 Å². The number of phenolic OH excluding ortho intramolecular Hbond substituents is 1. The van der Waals surface area contributed by atoms with Gasteiger partial charge in [0.1, 0.15) is 47.5 Å². The van der Waals surface area contributed by atoms with Gasteiger partial charge < -0.3 is 24.8 Å². The van der Waals surface area contributed by atoms with Crippen molar-refractivity contribution in [3.63, 3.8) is 0 Å². The summed E-state index contributed by atoms with van der Waals surface area (Å²) >= 11 is 0. The summed E-state index contributed by atoms with van der Waals surface area (Å²) in [7, 11) is 0. The number of alkyl halides is 1. The second-order valence-electron chi connectivity index (χ2n) is 13.1. The zero-order valence-electron chi connectivity index (χ0n) is 24.6. The maximum Gasteiger partial charge on any atom is 0.319 e. The maximum absolute atomic E-state index is 17.0.